The zero-order valence-corrected chi connectivity index (χ0v) is 19.3. The molecule has 1 N–H and O–H groups in total. The number of nitrogens with zero attached hydrogens (tertiary/aromatic N) is 4. The van der Waals surface area contributed by atoms with Gasteiger partial charge in [-0.3, -0.25) is 4.79 Å². The van der Waals surface area contributed by atoms with Gasteiger partial charge in [-0.25, -0.2) is 8.42 Å². The molecule has 0 spiro atoms. The molecule has 1 unspecified atom stereocenters. The maximum absolute atomic E-state index is 13.1. The van der Waals surface area contributed by atoms with E-state index in [1.54, 1.807) is 6.07 Å². The van der Waals surface area contributed by atoms with Crippen LogP contribution in [0.4, 0.5) is 5.69 Å². The Kier molecular flexibility index (Phi) is 5.79. The van der Waals surface area contributed by atoms with Gasteiger partial charge in [0.25, 0.3) is 5.91 Å². The first-order chi connectivity index (χ1) is 15.9. The first-order valence-electron chi connectivity index (χ1n) is 11.3. The van der Waals surface area contributed by atoms with E-state index < -0.39 is 10.0 Å². The van der Waals surface area contributed by atoms with Gasteiger partial charge in [-0.15, -0.1) is 5.10 Å². The molecule has 1 aliphatic carbocycles. The minimum Gasteiger partial charge on any atom is -0.385 e. The second kappa shape index (κ2) is 8.75. The third-order valence-electron chi connectivity index (χ3n) is 6.34. The fourth-order valence-electron chi connectivity index (χ4n) is 4.61. The molecule has 0 bridgehead atoms. The average Bonchev–Trinajstić information content (AvgIpc) is 3.43. The van der Waals surface area contributed by atoms with Gasteiger partial charge in [0.1, 0.15) is 11.0 Å². The molecule has 1 aliphatic heterocycles. The summed E-state index contributed by atoms with van der Waals surface area (Å²) >= 11 is 0. The van der Waals surface area contributed by atoms with Crippen LogP contribution in [-0.2, 0) is 27.7 Å². The molecule has 174 valence electrons. The Morgan fingerprint density at radius 1 is 1.15 bits per heavy atom. The summed E-state index contributed by atoms with van der Waals surface area (Å²) in [5.41, 5.74) is 4.22. The standard InChI is InChI=1S/C23H27N5O4S/c1-16-4-3-11-27(14-16)33(30,31)20-9-10-21-22(13-20)28(26-25-21)32-15-23(29)24-19-8-7-17-5-2-6-18(17)12-19/h7-10,12-13,16H,2-6,11,14-15H2,1H3,(H,24,29). The Bertz CT molecular complexity index is 1300. The van der Waals surface area contributed by atoms with Crippen LogP contribution in [0.3, 0.4) is 0 Å². The highest BCUT2D eigenvalue weighted by Gasteiger charge is 2.29. The number of rotatable bonds is 6. The molecule has 1 amide bonds. The van der Waals surface area contributed by atoms with E-state index in [1.165, 1.54) is 27.6 Å². The molecular formula is C23H27N5O4S. The van der Waals surface area contributed by atoms with Crippen molar-refractivity contribution in [1.82, 2.24) is 19.5 Å². The number of aromatic nitrogens is 3. The highest BCUT2D eigenvalue weighted by atomic mass is 32.2. The fourth-order valence-corrected chi connectivity index (χ4v) is 6.23. The van der Waals surface area contributed by atoms with Gasteiger partial charge in [0.05, 0.1) is 4.90 Å². The minimum atomic E-state index is -3.63. The lowest BCUT2D eigenvalue weighted by molar-refractivity contribution is -0.121. The zero-order valence-electron chi connectivity index (χ0n) is 18.5. The molecule has 1 fully saturated rings. The Morgan fingerprint density at radius 3 is 2.85 bits per heavy atom. The molecule has 1 aromatic heterocycles. The van der Waals surface area contributed by atoms with Gasteiger partial charge >= 0.3 is 0 Å². The van der Waals surface area contributed by atoms with Gasteiger partial charge in [-0.05, 0) is 84.7 Å². The highest BCUT2D eigenvalue weighted by molar-refractivity contribution is 7.89. The summed E-state index contributed by atoms with van der Waals surface area (Å²) in [6.07, 6.45) is 5.14. The van der Waals surface area contributed by atoms with Crippen molar-refractivity contribution in [2.45, 2.75) is 43.9 Å². The Balaban J connectivity index is 1.29. The number of fused-ring (bicyclic) bond motifs is 2. The number of aryl methyl sites for hydroxylation is 2. The number of hydrogen-bond acceptors (Lipinski definition) is 6. The van der Waals surface area contributed by atoms with Gasteiger partial charge in [-0.2, -0.15) is 4.31 Å². The number of anilines is 1. The van der Waals surface area contributed by atoms with Crippen molar-refractivity contribution in [2.24, 2.45) is 5.92 Å². The number of carbonyl (C=O) groups excluding carboxylic acids is 1. The smallest absolute Gasteiger partial charge is 0.265 e. The third kappa shape index (κ3) is 4.45. The Morgan fingerprint density at radius 2 is 2.00 bits per heavy atom. The summed E-state index contributed by atoms with van der Waals surface area (Å²) in [5, 5.41) is 10.8. The van der Waals surface area contributed by atoms with Gasteiger partial charge in [0, 0.05) is 18.8 Å². The number of amides is 1. The molecule has 33 heavy (non-hydrogen) atoms. The van der Waals surface area contributed by atoms with Crippen LogP contribution in [0, 0.1) is 5.92 Å². The van der Waals surface area contributed by atoms with E-state index in [-0.39, 0.29) is 17.4 Å². The molecule has 1 atom stereocenters. The summed E-state index contributed by atoms with van der Waals surface area (Å²) in [6.45, 7) is 2.81. The van der Waals surface area contributed by atoms with Gasteiger partial charge in [-0.1, -0.05) is 17.8 Å². The number of piperidine rings is 1. The van der Waals surface area contributed by atoms with Crippen LogP contribution in [0.1, 0.15) is 37.3 Å². The molecule has 2 aliphatic rings. The summed E-state index contributed by atoms with van der Waals surface area (Å²) in [4.78, 5) is 19.2. The topological polar surface area (TPSA) is 106 Å². The molecule has 2 heterocycles. The van der Waals surface area contributed by atoms with Crippen molar-refractivity contribution in [1.29, 1.82) is 0 Å². The number of nitrogens with one attached hydrogen (secondary N) is 1. The fraction of sp³-hybridized carbons (Fsp3) is 0.435. The molecule has 0 radical (unpaired) electrons. The highest BCUT2D eigenvalue weighted by Crippen LogP contribution is 2.26. The van der Waals surface area contributed by atoms with Crippen LogP contribution in [0.25, 0.3) is 11.0 Å². The Labute approximate surface area is 192 Å². The third-order valence-corrected chi connectivity index (χ3v) is 8.21. The Hall–Kier alpha value is -2.98. The minimum absolute atomic E-state index is 0.166. The van der Waals surface area contributed by atoms with Crippen molar-refractivity contribution in [3.63, 3.8) is 0 Å². The van der Waals surface area contributed by atoms with Crippen LogP contribution in [0.2, 0.25) is 0 Å². The van der Waals surface area contributed by atoms with E-state index in [0.717, 1.165) is 42.6 Å². The van der Waals surface area contributed by atoms with E-state index in [1.807, 2.05) is 12.1 Å². The van der Waals surface area contributed by atoms with Crippen molar-refractivity contribution in [3.05, 3.63) is 47.5 Å². The summed E-state index contributed by atoms with van der Waals surface area (Å²) < 4.78 is 27.8. The number of sulfonamides is 1. The number of benzene rings is 2. The molecule has 10 heteroatoms. The molecular weight excluding hydrogens is 442 g/mol. The number of carbonyl (C=O) groups is 1. The van der Waals surface area contributed by atoms with Crippen LogP contribution < -0.4 is 10.2 Å². The monoisotopic (exact) mass is 469 g/mol. The maximum Gasteiger partial charge on any atom is 0.265 e. The van der Waals surface area contributed by atoms with Crippen LogP contribution >= 0.6 is 0 Å². The van der Waals surface area contributed by atoms with Crippen LogP contribution in [0.15, 0.2) is 41.3 Å². The lowest BCUT2D eigenvalue weighted by Crippen LogP contribution is -2.39. The lowest BCUT2D eigenvalue weighted by atomic mass is 10.0. The van der Waals surface area contributed by atoms with Crippen molar-refractivity contribution >= 4 is 32.7 Å². The van der Waals surface area contributed by atoms with Crippen LogP contribution in [-0.4, -0.2) is 53.5 Å². The SMILES string of the molecule is CC1CCCN(S(=O)(=O)c2ccc3nnn(OCC(=O)Nc4ccc5c(c4)CCC5)c3c2)C1. The van der Waals surface area contributed by atoms with Crippen LogP contribution in [0.5, 0.6) is 0 Å². The molecule has 3 aromatic rings. The van der Waals surface area contributed by atoms with E-state index >= 15 is 0 Å². The quantitative estimate of drug-likeness (QED) is 0.594. The van der Waals surface area contributed by atoms with E-state index in [0.29, 0.717) is 30.0 Å². The van der Waals surface area contributed by atoms with Crippen molar-refractivity contribution < 1.29 is 18.0 Å². The van der Waals surface area contributed by atoms with E-state index in [9.17, 15) is 13.2 Å². The lowest BCUT2D eigenvalue weighted by Gasteiger charge is -2.30. The van der Waals surface area contributed by atoms with E-state index in [2.05, 4.69) is 28.6 Å². The maximum atomic E-state index is 13.1. The summed E-state index contributed by atoms with van der Waals surface area (Å²) in [7, 11) is -3.63. The second-order valence-electron chi connectivity index (χ2n) is 8.88. The van der Waals surface area contributed by atoms with E-state index in [4.69, 9.17) is 4.84 Å². The predicted octanol–water partition coefficient (Wildman–Crippen LogP) is 2.41. The number of hydrogen-bond donors (Lipinski definition) is 1. The molecule has 1 saturated heterocycles. The van der Waals surface area contributed by atoms with Gasteiger partial charge in [0.15, 0.2) is 6.61 Å². The first kappa shape index (κ1) is 21.8. The zero-order chi connectivity index (χ0) is 23.0. The molecule has 2 aromatic carbocycles. The predicted molar refractivity (Wildman–Crippen MR) is 123 cm³/mol. The first-order valence-corrected chi connectivity index (χ1v) is 12.7. The molecule has 9 nitrogen and oxygen atoms in total. The molecule has 0 saturated carbocycles. The normalized spacial score (nSPS) is 18.9. The van der Waals surface area contributed by atoms with Crippen molar-refractivity contribution in [3.8, 4) is 0 Å². The summed E-state index contributed by atoms with van der Waals surface area (Å²) in [5.74, 6) is -0.000328. The van der Waals surface area contributed by atoms with Gasteiger partial charge < -0.3 is 10.2 Å². The molecule has 5 rings (SSSR count). The van der Waals surface area contributed by atoms with Crippen molar-refractivity contribution in [2.75, 3.05) is 25.0 Å². The van der Waals surface area contributed by atoms with Gasteiger partial charge in [0.2, 0.25) is 10.0 Å². The largest absolute Gasteiger partial charge is 0.385 e. The summed E-state index contributed by atoms with van der Waals surface area (Å²) in [6, 6.07) is 10.6. The average molecular weight is 470 g/mol. The second-order valence-corrected chi connectivity index (χ2v) is 10.8.